The molecule has 0 N–H and O–H groups in total. The largest absolute Gasteiger partial charge is 0.351 e. The monoisotopic (exact) mass is 309 g/mol. The Labute approximate surface area is 139 Å². The van der Waals surface area contributed by atoms with Crippen LogP contribution in [0.15, 0.2) is 24.3 Å². The van der Waals surface area contributed by atoms with Crippen LogP contribution in [0.1, 0.15) is 78.6 Å². The lowest BCUT2D eigenvalue weighted by Gasteiger charge is -2.29. The molecule has 0 spiro atoms. The molecule has 0 saturated carbocycles. The summed E-state index contributed by atoms with van der Waals surface area (Å²) in [6.07, 6.45) is 19.3. The molecule has 129 valence electrons. The van der Waals surface area contributed by atoms with E-state index in [1.165, 1.54) is 44.9 Å². The molecule has 22 heavy (non-hydrogen) atoms. The van der Waals surface area contributed by atoms with Crippen LogP contribution in [0.2, 0.25) is 0 Å². The van der Waals surface area contributed by atoms with Gasteiger partial charge in [-0.3, -0.25) is 0 Å². The number of hydrogen-bond acceptors (Lipinski definition) is 2. The summed E-state index contributed by atoms with van der Waals surface area (Å²) >= 11 is 0. The molecule has 0 aromatic heterocycles. The first kappa shape index (κ1) is 21.4. The first-order valence-corrected chi connectivity index (χ1v) is 9.07. The predicted octanol–water partition coefficient (Wildman–Crippen LogP) is 6.23. The summed E-state index contributed by atoms with van der Waals surface area (Å²) in [4.78, 5) is 0. The molecule has 0 fully saturated rings. The van der Waals surface area contributed by atoms with E-state index >= 15 is 0 Å². The third-order valence-corrected chi connectivity index (χ3v) is 3.70. The second-order valence-corrected chi connectivity index (χ2v) is 5.80. The van der Waals surface area contributed by atoms with Crippen LogP contribution in [0.3, 0.4) is 0 Å². The van der Waals surface area contributed by atoms with E-state index < -0.39 is 0 Å². The highest BCUT2D eigenvalue weighted by atomic mass is 16.7. The molecule has 0 unspecified atom stereocenters. The minimum absolute atomic E-state index is 0.379. The Morgan fingerprint density at radius 3 is 1.95 bits per heavy atom. The molecule has 0 aliphatic heterocycles. The molecule has 0 bridgehead atoms. The van der Waals surface area contributed by atoms with Crippen LogP contribution in [-0.4, -0.2) is 19.0 Å². The minimum Gasteiger partial charge on any atom is -0.351 e. The Morgan fingerprint density at radius 1 is 0.818 bits per heavy atom. The van der Waals surface area contributed by atoms with Crippen LogP contribution in [-0.2, 0) is 9.47 Å². The molecule has 0 atom stereocenters. The van der Waals surface area contributed by atoms with Gasteiger partial charge >= 0.3 is 0 Å². The molecule has 0 aromatic carbocycles. The second kappa shape index (κ2) is 15.3. The highest BCUT2D eigenvalue weighted by Crippen LogP contribution is 2.21. The Balaban J connectivity index is 3.49. The van der Waals surface area contributed by atoms with Gasteiger partial charge in [-0.25, -0.2) is 0 Å². The predicted molar refractivity (Wildman–Crippen MR) is 96.8 cm³/mol. The lowest BCUT2D eigenvalue weighted by Crippen LogP contribution is -2.32. The number of hydrogen-bond donors (Lipinski definition) is 0. The molecule has 0 rings (SSSR count). The van der Waals surface area contributed by atoms with E-state index in [1.807, 2.05) is 13.8 Å². The highest BCUT2D eigenvalue weighted by Gasteiger charge is 2.23. The summed E-state index contributed by atoms with van der Waals surface area (Å²) in [6, 6.07) is 0. The molecular formula is C20H37O2. The molecule has 1 radical (unpaired) electrons. The average molecular weight is 310 g/mol. The standard InChI is InChI=1S/C20H37O2/c1-5-8-9-10-11-12-13-14-15-16-17-18-19-20(4,21-6-2)22-7-3/h8-11H,1,5-7,12-19H2,2-4H3. The van der Waals surface area contributed by atoms with Gasteiger partial charge in [0.15, 0.2) is 5.79 Å². The van der Waals surface area contributed by atoms with Crippen LogP contribution in [0, 0.1) is 6.92 Å². The van der Waals surface area contributed by atoms with Gasteiger partial charge < -0.3 is 9.47 Å². The lowest BCUT2D eigenvalue weighted by molar-refractivity contribution is -0.225. The van der Waals surface area contributed by atoms with E-state index in [-0.39, 0.29) is 5.79 Å². The molecule has 0 heterocycles. The molecule has 0 aliphatic carbocycles. The van der Waals surface area contributed by atoms with Gasteiger partial charge in [-0.1, -0.05) is 50.0 Å². The summed E-state index contributed by atoms with van der Waals surface area (Å²) in [5.41, 5.74) is 0. The van der Waals surface area contributed by atoms with Crippen molar-refractivity contribution in [2.75, 3.05) is 13.2 Å². The fourth-order valence-corrected chi connectivity index (χ4v) is 2.56. The van der Waals surface area contributed by atoms with Crippen molar-refractivity contribution in [3.8, 4) is 0 Å². The van der Waals surface area contributed by atoms with E-state index in [0.29, 0.717) is 13.2 Å². The topological polar surface area (TPSA) is 18.5 Å². The zero-order chi connectivity index (χ0) is 16.5. The van der Waals surface area contributed by atoms with Gasteiger partial charge in [-0.2, -0.15) is 0 Å². The summed E-state index contributed by atoms with van der Waals surface area (Å²) in [6.45, 7) is 11.3. The van der Waals surface area contributed by atoms with Crippen molar-refractivity contribution in [2.45, 2.75) is 84.3 Å². The fourth-order valence-electron chi connectivity index (χ4n) is 2.56. The molecule has 2 heteroatoms. The molecule has 2 nitrogen and oxygen atoms in total. The lowest BCUT2D eigenvalue weighted by atomic mass is 10.0. The number of unbranched alkanes of at least 4 members (excludes halogenated alkanes) is 6. The number of ether oxygens (including phenoxy) is 2. The van der Waals surface area contributed by atoms with Gasteiger partial charge in [0.2, 0.25) is 0 Å². The van der Waals surface area contributed by atoms with Crippen molar-refractivity contribution < 1.29 is 9.47 Å². The van der Waals surface area contributed by atoms with Gasteiger partial charge in [-0.15, -0.1) is 0 Å². The number of allylic oxidation sites excluding steroid dienone is 4. The SMILES string of the molecule is [CH2]CC=CC=CCCCCCCCCC(C)(OCC)OCC. The molecule has 0 amide bonds. The first-order chi connectivity index (χ1) is 10.7. The van der Waals surface area contributed by atoms with Crippen molar-refractivity contribution in [3.05, 3.63) is 31.2 Å². The van der Waals surface area contributed by atoms with Crippen molar-refractivity contribution in [2.24, 2.45) is 0 Å². The smallest absolute Gasteiger partial charge is 0.165 e. The van der Waals surface area contributed by atoms with Crippen molar-refractivity contribution in [1.29, 1.82) is 0 Å². The van der Waals surface area contributed by atoms with Crippen molar-refractivity contribution >= 4 is 0 Å². The summed E-state index contributed by atoms with van der Waals surface area (Å²) in [5, 5.41) is 0. The summed E-state index contributed by atoms with van der Waals surface area (Å²) in [7, 11) is 0. The minimum atomic E-state index is -0.379. The van der Waals surface area contributed by atoms with E-state index in [0.717, 1.165) is 12.8 Å². The van der Waals surface area contributed by atoms with Gasteiger partial charge in [0.1, 0.15) is 0 Å². The highest BCUT2D eigenvalue weighted by molar-refractivity contribution is 5.02. The van der Waals surface area contributed by atoms with Crippen LogP contribution in [0.4, 0.5) is 0 Å². The van der Waals surface area contributed by atoms with Gasteiger partial charge in [0.25, 0.3) is 0 Å². The quantitative estimate of drug-likeness (QED) is 0.203. The molecule has 0 saturated heterocycles. The maximum Gasteiger partial charge on any atom is 0.165 e. The average Bonchev–Trinajstić information content (AvgIpc) is 2.49. The second-order valence-electron chi connectivity index (χ2n) is 5.80. The zero-order valence-electron chi connectivity index (χ0n) is 15.1. The van der Waals surface area contributed by atoms with Crippen LogP contribution in [0.25, 0.3) is 0 Å². The van der Waals surface area contributed by atoms with E-state index in [9.17, 15) is 0 Å². The van der Waals surface area contributed by atoms with Crippen molar-refractivity contribution in [3.63, 3.8) is 0 Å². The third-order valence-electron chi connectivity index (χ3n) is 3.70. The van der Waals surface area contributed by atoms with Crippen LogP contribution in [0.5, 0.6) is 0 Å². The molecule has 0 aliphatic rings. The van der Waals surface area contributed by atoms with Gasteiger partial charge in [-0.05, 0) is 53.4 Å². The third kappa shape index (κ3) is 13.1. The molecule has 0 aromatic rings. The van der Waals surface area contributed by atoms with Crippen molar-refractivity contribution in [1.82, 2.24) is 0 Å². The van der Waals surface area contributed by atoms with Gasteiger partial charge in [0.05, 0.1) is 0 Å². The Morgan fingerprint density at radius 2 is 1.36 bits per heavy atom. The van der Waals surface area contributed by atoms with Crippen LogP contribution >= 0.6 is 0 Å². The summed E-state index contributed by atoms with van der Waals surface area (Å²) in [5.74, 6) is -0.379. The molecular weight excluding hydrogens is 272 g/mol. The number of rotatable bonds is 15. The van der Waals surface area contributed by atoms with Crippen LogP contribution < -0.4 is 0 Å². The fraction of sp³-hybridized carbons (Fsp3) is 0.750. The zero-order valence-corrected chi connectivity index (χ0v) is 15.1. The Kier molecular flexibility index (Phi) is 14.9. The Bertz CT molecular complexity index is 275. The normalized spacial score (nSPS) is 12.7. The van der Waals surface area contributed by atoms with Gasteiger partial charge in [0, 0.05) is 19.6 Å². The van der Waals surface area contributed by atoms with E-state index in [4.69, 9.17) is 9.47 Å². The van der Waals surface area contributed by atoms with E-state index in [1.54, 1.807) is 0 Å². The first-order valence-electron chi connectivity index (χ1n) is 9.07. The maximum atomic E-state index is 5.73. The van der Waals surface area contributed by atoms with E-state index in [2.05, 4.69) is 38.2 Å². The maximum absolute atomic E-state index is 5.73. The Hall–Kier alpha value is -0.600. The summed E-state index contributed by atoms with van der Waals surface area (Å²) < 4.78 is 11.5.